The highest BCUT2D eigenvalue weighted by atomic mass is 32.1. The number of aromatic nitrogens is 1. The SMILES string of the molecule is Cc1ccc(-c2ccc(-c3ccc4nc(C(F)(F)Oc5cc(F)c(F)c(F)c5)sc4c3)c(F)c2)cc1. The molecule has 0 saturated carbocycles. The first-order chi connectivity index (χ1) is 17.1. The molecule has 0 aliphatic carbocycles. The lowest BCUT2D eigenvalue weighted by Crippen LogP contribution is -2.21. The van der Waals surface area contributed by atoms with Gasteiger partial charge in [-0.1, -0.05) is 48.0 Å². The zero-order chi connectivity index (χ0) is 25.6. The molecule has 0 spiro atoms. The molecule has 0 unspecified atom stereocenters. The predicted octanol–water partition coefficient (Wildman–Crippen LogP) is 8.62. The molecular weight excluding hydrogens is 500 g/mol. The average Bonchev–Trinajstić information content (AvgIpc) is 3.27. The number of thiazole rings is 1. The average molecular weight is 515 g/mol. The first-order valence-corrected chi connectivity index (χ1v) is 11.4. The third kappa shape index (κ3) is 4.54. The fraction of sp³-hybridized carbons (Fsp3) is 0.0741. The first kappa shape index (κ1) is 23.9. The van der Waals surface area contributed by atoms with Gasteiger partial charge in [-0.3, -0.25) is 0 Å². The summed E-state index contributed by atoms with van der Waals surface area (Å²) in [6, 6.07) is 17.6. The Kier molecular flexibility index (Phi) is 5.96. The van der Waals surface area contributed by atoms with E-state index < -0.39 is 40.1 Å². The molecule has 0 atom stereocenters. The highest BCUT2D eigenvalue weighted by Gasteiger charge is 2.39. The van der Waals surface area contributed by atoms with E-state index in [4.69, 9.17) is 0 Å². The van der Waals surface area contributed by atoms with Crippen LogP contribution in [-0.2, 0) is 6.11 Å². The van der Waals surface area contributed by atoms with Gasteiger partial charge < -0.3 is 4.74 Å². The Bertz CT molecular complexity index is 1570. The van der Waals surface area contributed by atoms with Crippen molar-refractivity contribution in [3.63, 3.8) is 0 Å². The summed E-state index contributed by atoms with van der Waals surface area (Å²) in [5.74, 6) is -6.49. The molecule has 0 fully saturated rings. The Morgan fingerprint density at radius 1 is 0.722 bits per heavy atom. The van der Waals surface area contributed by atoms with Gasteiger partial charge in [-0.05, 0) is 41.8 Å². The Morgan fingerprint density at radius 3 is 2.03 bits per heavy atom. The standard InChI is InChI=1S/C27H15F6NOS/c1-14-2-4-15(5-3-14)16-6-8-19(20(28)10-16)17-7-9-23-24(11-17)36-26(34-23)27(32,33)35-18-12-21(29)25(31)22(30)13-18/h2-13H,1H3. The van der Waals surface area contributed by atoms with Crippen LogP contribution in [0.15, 0.2) is 72.8 Å². The number of halogens is 6. The van der Waals surface area contributed by atoms with E-state index >= 15 is 0 Å². The Hall–Kier alpha value is -3.85. The summed E-state index contributed by atoms with van der Waals surface area (Å²) in [5.41, 5.74) is 3.58. The van der Waals surface area contributed by atoms with Crippen molar-refractivity contribution >= 4 is 21.6 Å². The van der Waals surface area contributed by atoms with E-state index in [1.807, 2.05) is 31.2 Å². The van der Waals surface area contributed by atoms with Gasteiger partial charge in [-0.2, -0.15) is 8.78 Å². The Morgan fingerprint density at radius 2 is 1.36 bits per heavy atom. The third-order valence-corrected chi connectivity index (χ3v) is 6.57. The number of hydrogen-bond donors (Lipinski definition) is 0. The fourth-order valence-corrected chi connectivity index (χ4v) is 4.59. The molecule has 0 amide bonds. The third-order valence-electron chi connectivity index (χ3n) is 5.51. The van der Waals surface area contributed by atoms with Gasteiger partial charge in [-0.15, -0.1) is 11.3 Å². The molecule has 0 radical (unpaired) electrons. The Labute approximate surface area is 205 Å². The van der Waals surface area contributed by atoms with E-state index in [1.54, 1.807) is 18.2 Å². The number of hydrogen-bond acceptors (Lipinski definition) is 3. The molecule has 5 aromatic rings. The van der Waals surface area contributed by atoms with Gasteiger partial charge in [0.15, 0.2) is 17.5 Å². The lowest BCUT2D eigenvalue weighted by atomic mass is 9.99. The zero-order valence-corrected chi connectivity index (χ0v) is 19.3. The van der Waals surface area contributed by atoms with E-state index in [2.05, 4.69) is 9.72 Å². The molecular formula is C27H15F6NOS. The first-order valence-electron chi connectivity index (χ1n) is 10.6. The molecule has 36 heavy (non-hydrogen) atoms. The maximum absolute atomic E-state index is 15.0. The maximum atomic E-state index is 15.0. The largest absolute Gasteiger partial charge is 0.454 e. The highest BCUT2D eigenvalue weighted by molar-refractivity contribution is 7.18. The minimum absolute atomic E-state index is 0.204. The van der Waals surface area contributed by atoms with Crippen LogP contribution in [0.5, 0.6) is 5.75 Å². The second-order valence-corrected chi connectivity index (χ2v) is 9.11. The van der Waals surface area contributed by atoms with Gasteiger partial charge in [0.25, 0.3) is 0 Å². The van der Waals surface area contributed by atoms with Crippen molar-refractivity contribution in [2.24, 2.45) is 0 Å². The summed E-state index contributed by atoms with van der Waals surface area (Å²) >= 11 is 0.581. The van der Waals surface area contributed by atoms with Crippen LogP contribution < -0.4 is 4.74 Å². The fourth-order valence-electron chi connectivity index (χ4n) is 3.67. The summed E-state index contributed by atoms with van der Waals surface area (Å²) in [4.78, 5) is 3.85. The van der Waals surface area contributed by atoms with E-state index in [0.717, 1.165) is 11.1 Å². The van der Waals surface area contributed by atoms with Crippen LogP contribution in [0.4, 0.5) is 26.3 Å². The quantitative estimate of drug-likeness (QED) is 0.173. The Balaban J connectivity index is 1.44. The van der Waals surface area contributed by atoms with Crippen molar-refractivity contribution in [1.82, 2.24) is 4.98 Å². The van der Waals surface area contributed by atoms with Crippen molar-refractivity contribution in [3.8, 4) is 28.0 Å². The van der Waals surface area contributed by atoms with Crippen LogP contribution in [0.2, 0.25) is 0 Å². The monoisotopic (exact) mass is 515 g/mol. The minimum atomic E-state index is -4.05. The van der Waals surface area contributed by atoms with Crippen molar-refractivity contribution in [3.05, 3.63) is 107 Å². The summed E-state index contributed by atoms with van der Waals surface area (Å²) in [5, 5.41) is -0.782. The minimum Gasteiger partial charge on any atom is -0.427 e. The molecule has 0 bridgehead atoms. The van der Waals surface area contributed by atoms with Crippen LogP contribution in [0, 0.1) is 30.2 Å². The number of benzene rings is 4. The smallest absolute Gasteiger partial charge is 0.427 e. The zero-order valence-electron chi connectivity index (χ0n) is 18.5. The molecule has 4 aromatic carbocycles. The van der Waals surface area contributed by atoms with Crippen LogP contribution in [0.1, 0.15) is 10.6 Å². The van der Waals surface area contributed by atoms with Gasteiger partial charge in [0.05, 0.1) is 10.2 Å². The molecule has 0 N–H and O–H groups in total. The second kappa shape index (κ2) is 8.98. The molecule has 1 aromatic heterocycles. The number of alkyl halides is 2. The van der Waals surface area contributed by atoms with Crippen LogP contribution in [0.25, 0.3) is 32.5 Å². The lowest BCUT2D eigenvalue weighted by Gasteiger charge is -2.15. The highest BCUT2D eigenvalue weighted by Crippen LogP contribution is 2.39. The summed E-state index contributed by atoms with van der Waals surface area (Å²) in [6.07, 6.45) is -4.05. The number of aryl methyl sites for hydroxylation is 1. The van der Waals surface area contributed by atoms with Crippen molar-refractivity contribution in [2.45, 2.75) is 13.0 Å². The number of ether oxygens (including phenoxy) is 1. The van der Waals surface area contributed by atoms with Crippen molar-refractivity contribution in [2.75, 3.05) is 0 Å². The molecule has 0 aliphatic rings. The molecule has 5 rings (SSSR count). The van der Waals surface area contributed by atoms with Crippen molar-refractivity contribution in [1.29, 1.82) is 0 Å². The summed E-state index contributed by atoms with van der Waals surface area (Å²) in [7, 11) is 0. The van der Waals surface area contributed by atoms with Gasteiger partial charge >= 0.3 is 6.11 Å². The number of fused-ring (bicyclic) bond motifs is 1. The van der Waals surface area contributed by atoms with Crippen LogP contribution in [-0.4, -0.2) is 4.98 Å². The van der Waals surface area contributed by atoms with Crippen LogP contribution >= 0.6 is 11.3 Å². The molecule has 1 heterocycles. The van der Waals surface area contributed by atoms with Crippen molar-refractivity contribution < 1.29 is 31.1 Å². The summed E-state index contributed by atoms with van der Waals surface area (Å²) in [6.45, 7) is 1.96. The summed E-state index contributed by atoms with van der Waals surface area (Å²) < 4.78 is 89.0. The second-order valence-electron chi connectivity index (χ2n) is 8.08. The van der Waals surface area contributed by atoms with Gasteiger partial charge in [0.2, 0.25) is 5.01 Å². The predicted molar refractivity (Wildman–Crippen MR) is 126 cm³/mol. The number of nitrogens with zero attached hydrogens (tertiary/aromatic N) is 1. The van der Waals surface area contributed by atoms with Gasteiger partial charge in [-0.25, -0.2) is 22.5 Å². The van der Waals surface area contributed by atoms with Gasteiger partial charge in [0.1, 0.15) is 11.6 Å². The molecule has 0 aliphatic heterocycles. The molecule has 2 nitrogen and oxygen atoms in total. The topological polar surface area (TPSA) is 22.1 Å². The molecule has 0 saturated heterocycles. The molecule has 182 valence electrons. The van der Waals surface area contributed by atoms with E-state index in [0.29, 0.717) is 39.3 Å². The normalized spacial score (nSPS) is 11.8. The van der Waals surface area contributed by atoms with Crippen LogP contribution in [0.3, 0.4) is 0 Å². The van der Waals surface area contributed by atoms with Gasteiger partial charge in [0, 0.05) is 17.7 Å². The van der Waals surface area contributed by atoms with E-state index in [9.17, 15) is 26.3 Å². The maximum Gasteiger partial charge on any atom is 0.454 e. The van der Waals surface area contributed by atoms with E-state index in [-0.39, 0.29) is 11.1 Å². The number of rotatable bonds is 5. The molecule has 9 heteroatoms. The van der Waals surface area contributed by atoms with E-state index in [1.165, 1.54) is 18.2 Å². The lowest BCUT2D eigenvalue weighted by molar-refractivity contribution is -0.185.